The first-order valence-corrected chi connectivity index (χ1v) is 9.34. The van der Waals surface area contributed by atoms with Crippen molar-refractivity contribution in [3.63, 3.8) is 0 Å². The summed E-state index contributed by atoms with van der Waals surface area (Å²) in [5.74, 6) is -0.780. The lowest BCUT2D eigenvalue weighted by atomic mass is 10.2. The highest BCUT2D eigenvalue weighted by Gasteiger charge is 2.24. The largest absolute Gasteiger partial charge is 0.467 e. The van der Waals surface area contributed by atoms with Gasteiger partial charge in [-0.05, 0) is 37.3 Å². The fourth-order valence-corrected chi connectivity index (χ4v) is 3.06. The van der Waals surface area contributed by atoms with E-state index in [2.05, 4.69) is 5.32 Å². The van der Waals surface area contributed by atoms with Crippen LogP contribution in [0, 0.1) is 0 Å². The van der Waals surface area contributed by atoms with Crippen LogP contribution in [0.5, 0.6) is 0 Å². The zero-order chi connectivity index (χ0) is 20.0. The van der Waals surface area contributed by atoms with Gasteiger partial charge in [-0.2, -0.15) is 0 Å². The van der Waals surface area contributed by atoms with E-state index in [0.29, 0.717) is 10.2 Å². The summed E-state index contributed by atoms with van der Waals surface area (Å²) in [5.41, 5.74) is -0.00809. The smallest absolute Gasteiger partial charge is 0.338 e. The molecule has 2 rings (SSSR count). The summed E-state index contributed by atoms with van der Waals surface area (Å²) in [6.45, 7) is 1.57. The van der Waals surface area contributed by atoms with Crippen molar-refractivity contribution >= 4 is 21.9 Å². The molecule has 0 aliphatic heterocycles. The molecular formula is C17H20N2O7S. The maximum atomic E-state index is 12.3. The van der Waals surface area contributed by atoms with E-state index < -0.39 is 28.0 Å². The van der Waals surface area contributed by atoms with Crippen LogP contribution in [0.3, 0.4) is 0 Å². The van der Waals surface area contributed by atoms with E-state index in [0.717, 1.165) is 6.07 Å². The van der Waals surface area contributed by atoms with Crippen LogP contribution in [0.1, 0.15) is 23.0 Å². The van der Waals surface area contributed by atoms with Gasteiger partial charge >= 0.3 is 5.97 Å². The third-order valence-electron chi connectivity index (χ3n) is 3.63. The van der Waals surface area contributed by atoms with Crippen LogP contribution in [0.15, 0.2) is 52.0 Å². The second kappa shape index (κ2) is 8.80. The lowest BCUT2D eigenvalue weighted by Gasteiger charge is -2.15. The van der Waals surface area contributed by atoms with E-state index in [1.807, 2.05) is 0 Å². The van der Waals surface area contributed by atoms with Gasteiger partial charge in [-0.1, -0.05) is 10.5 Å². The van der Waals surface area contributed by atoms with Gasteiger partial charge < -0.3 is 14.5 Å². The zero-order valence-corrected chi connectivity index (χ0v) is 15.9. The van der Waals surface area contributed by atoms with Crippen LogP contribution in [-0.4, -0.2) is 45.0 Å². The number of ether oxygens (including phenoxy) is 1. The number of benzene rings is 1. The summed E-state index contributed by atoms with van der Waals surface area (Å²) in [6, 6.07) is 8.64. The molecule has 0 bridgehead atoms. The van der Waals surface area contributed by atoms with Crippen molar-refractivity contribution in [3.8, 4) is 0 Å². The number of nitrogens with one attached hydrogen (secondary N) is 1. The number of rotatable bonds is 8. The molecule has 2 aromatic rings. The van der Waals surface area contributed by atoms with Crippen LogP contribution in [0.2, 0.25) is 0 Å². The Labute approximate surface area is 156 Å². The molecule has 0 aliphatic rings. The minimum atomic E-state index is -3.91. The minimum absolute atomic E-state index is 0.00809. The molecule has 0 aliphatic carbocycles. The van der Waals surface area contributed by atoms with Crippen molar-refractivity contribution in [2.24, 2.45) is 0 Å². The highest BCUT2D eigenvalue weighted by Crippen LogP contribution is 2.17. The Morgan fingerprint density at radius 2 is 2.00 bits per heavy atom. The van der Waals surface area contributed by atoms with E-state index in [4.69, 9.17) is 14.0 Å². The molecule has 10 heteroatoms. The predicted molar refractivity (Wildman–Crippen MR) is 93.8 cm³/mol. The van der Waals surface area contributed by atoms with Gasteiger partial charge in [0.05, 0.1) is 30.4 Å². The van der Waals surface area contributed by atoms with Crippen LogP contribution in [0.25, 0.3) is 0 Å². The fourth-order valence-electron chi connectivity index (χ4n) is 2.04. The van der Waals surface area contributed by atoms with Crippen molar-refractivity contribution in [1.82, 2.24) is 9.79 Å². The van der Waals surface area contributed by atoms with Crippen LogP contribution >= 0.6 is 0 Å². The van der Waals surface area contributed by atoms with Gasteiger partial charge in [0.1, 0.15) is 5.76 Å². The number of esters is 1. The third-order valence-corrected chi connectivity index (χ3v) is 5.31. The summed E-state index contributed by atoms with van der Waals surface area (Å²) in [4.78, 5) is 28.8. The van der Waals surface area contributed by atoms with Crippen molar-refractivity contribution in [2.45, 2.75) is 24.5 Å². The van der Waals surface area contributed by atoms with Crippen molar-refractivity contribution < 1.29 is 32.0 Å². The summed E-state index contributed by atoms with van der Waals surface area (Å²) in [7, 11) is -1.47. The quantitative estimate of drug-likeness (QED) is 0.528. The summed E-state index contributed by atoms with van der Waals surface area (Å²) in [5, 5.41) is 2.57. The highest BCUT2D eigenvalue weighted by molar-refractivity contribution is 7.89. The molecule has 0 radical (unpaired) electrons. The van der Waals surface area contributed by atoms with Gasteiger partial charge in [0, 0.05) is 7.05 Å². The Hall–Kier alpha value is -2.69. The number of carbonyl (C=O) groups excluding carboxylic acids is 2. The first-order valence-electron chi connectivity index (χ1n) is 7.90. The number of hydrogen-bond donors (Lipinski definition) is 1. The van der Waals surface area contributed by atoms with Crippen LogP contribution < -0.4 is 5.32 Å². The Morgan fingerprint density at radius 3 is 2.63 bits per heavy atom. The van der Waals surface area contributed by atoms with Gasteiger partial charge in [-0.25, -0.2) is 13.2 Å². The summed E-state index contributed by atoms with van der Waals surface area (Å²) < 4.78 is 35.3. The van der Waals surface area contributed by atoms with E-state index in [-0.39, 0.29) is 17.0 Å². The van der Waals surface area contributed by atoms with Crippen molar-refractivity contribution in [2.75, 3.05) is 14.2 Å². The van der Waals surface area contributed by atoms with E-state index in [1.54, 1.807) is 12.1 Å². The maximum absolute atomic E-state index is 12.3. The molecule has 1 heterocycles. The Bertz CT molecular complexity index is 894. The molecule has 0 spiro atoms. The molecular weight excluding hydrogens is 376 g/mol. The average Bonchev–Trinajstić information content (AvgIpc) is 3.18. The number of carbonyl (C=O) groups is 2. The molecule has 1 aromatic heterocycles. The molecule has 1 atom stereocenters. The number of furan rings is 1. The molecule has 1 aromatic carbocycles. The molecule has 146 valence electrons. The Morgan fingerprint density at radius 1 is 1.26 bits per heavy atom. The third kappa shape index (κ3) is 5.16. The van der Waals surface area contributed by atoms with Gasteiger partial charge in [-0.3, -0.25) is 9.63 Å². The summed E-state index contributed by atoms with van der Waals surface area (Å²) >= 11 is 0. The molecule has 9 nitrogen and oxygen atoms in total. The van der Waals surface area contributed by atoms with Crippen molar-refractivity contribution in [3.05, 3.63) is 54.0 Å². The molecule has 0 unspecified atom stereocenters. The zero-order valence-electron chi connectivity index (χ0n) is 15.0. The predicted octanol–water partition coefficient (Wildman–Crippen LogP) is 1.32. The first kappa shape index (κ1) is 20.6. The van der Waals surface area contributed by atoms with Gasteiger partial charge in [-0.15, -0.1) is 0 Å². The highest BCUT2D eigenvalue weighted by atomic mass is 32.2. The second-order valence-electron chi connectivity index (χ2n) is 5.47. The molecule has 1 amide bonds. The lowest BCUT2D eigenvalue weighted by molar-refractivity contribution is -0.129. The summed E-state index contributed by atoms with van der Waals surface area (Å²) in [6.07, 6.45) is 0.405. The first-order chi connectivity index (χ1) is 12.8. The lowest BCUT2D eigenvalue weighted by Crippen LogP contribution is -2.35. The normalized spacial score (nSPS) is 12.6. The SMILES string of the molecule is CON(C)S(=O)(=O)c1cccc(C(=O)O[C@H](C)C(=O)NCc2ccco2)c1. The molecule has 27 heavy (non-hydrogen) atoms. The maximum Gasteiger partial charge on any atom is 0.338 e. The number of hydroxylamine groups is 1. The number of hydrogen-bond acceptors (Lipinski definition) is 7. The number of sulfonamides is 1. The monoisotopic (exact) mass is 396 g/mol. The molecule has 1 N–H and O–H groups in total. The Kier molecular flexibility index (Phi) is 6.72. The van der Waals surface area contributed by atoms with Crippen molar-refractivity contribution in [1.29, 1.82) is 0 Å². The van der Waals surface area contributed by atoms with Crippen LogP contribution in [-0.2, 0) is 30.9 Å². The minimum Gasteiger partial charge on any atom is -0.467 e. The van der Waals surface area contributed by atoms with E-state index in [9.17, 15) is 18.0 Å². The van der Waals surface area contributed by atoms with E-state index >= 15 is 0 Å². The van der Waals surface area contributed by atoms with E-state index in [1.165, 1.54) is 45.5 Å². The average molecular weight is 396 g/mol. The van der Waals surface area contributed by atoms with Gasteiger partial charge in [0.2, 0.25) is 0 Å². The standard InChI is InChI=1S/C17H20N2O7S/c1-12(16(20)18-11-14-7-5-9-25-14)26-17(21)13-6-4-8-15(10-13)27(22,23)19(2)24-3/h4-10,12H,11H2,1-3H3,(H,18,20)/t12-/m1/s1. The number of nitrogens with zero attached hydrogens (tertiary/aromatic N) is 1. The number of amides is 1. The molecule has 0 saturated carbocycles. The second-order valence-corrected chi connectivity index (χ2v) is 7.41. The van der Waals surface area contributed by atoms with Gasteiger partial charge in [0.15, 0.2) is 6.10 Å². The molecule has 0 fully saturated rings. The molecule has 0 saturated heterocycles. The Balaban J connectivity index is 2.03. The van der Waals surface area contributed by atoms with Gasteiger partial charge in [0.25, 0.3) is 15.9 Å². The van der Waals surface area contributed by atoms with Crippen LogP contribution in [0.4, 0.5) is 0 Å². The topological polar surface area (TPSA) is 115 Å². The fraction of sp³-hybridized carbons (Fsp3) is 0.294.